The molecule has 2 amide bonds. The highest BCUT2D eigenvalue weighted by Crippen LogP contribution is 2.30. The van der Waals surface area contributed by atoms with Gasteiger partial charge in [0.15, 0.2) is 5.16 Å². The fourth-order valence-electron chi connectivity index (χ4n) is 2.98. The number of aliphatic carboxylic acids is 1. The van der Waals surface area contributed by atoms with Crippen molar-refractivity contribution >= 4 is 40.3 Å². The summed E-state index contributed by atoms with van der Waals surface area (Å²) in [7, 11) is 0. The van der Waals surface area contributed by atoms with Gasteiger partial charge in [0, 0.05) is 22.7 Å². The number of hydrogen-bond acceptors (Lipinski definition) is 6. The quantitative estimate of drug-likeness (QED) is 0.455. The summed E-state index contributed by atoms with van der Waals surface area (Å²) >= 11 is 1.21. The summed E-state index contributed by atoms with van der Waals surface area (Å²) in [6, 6.07) is 13.4. The summed E-state index contributed by atoms with van der Waals surface area (Å²) in [6.45, 7) is 1.09. The molecule has 3 aromatic rings. The second-order valence-electron chi connectivity index (χ2n) is 6.54. The van der Waals surface area contributed by atoms with Crippen molar-refractivity contribution in [2.75, 3.05) is 18.8 Å². The van der Waals surface area contributed by atoms with Crippen LogP contribution < -0.4 is 10.6 Å². The van der Waals surface area contributed by atoms with E-state index < -0.39 is 18.4 Å². The fourth-order valence-corrected chi connectivity index (χ4v) is 3.84. The maximum Gasteiger partial charge on any atom is 0.322 e. The molecule has 1 heterocycles. The fraction of sp³-hybridized carbons (Fsp3) is 0.190. The first-order chi connectivity index (χ1) is 14.9. The van der Waals surface area contributed by atoms with Crippen molar-refractivity contribution < 1.29 is 19.5 Å². The lowest BCUT2D eigenvalue weighted by Crippen LogP contribution is -2.39. The largest absolute Gasteiger partial charge is 0.480 e. The Labute approximate surface area is 182 Å². The van der Waals surface area contributed by atoms with Crippen LogP contribution in [-0.4, -0.2) is 51.3 Å². The normalized spacial score (nSPS) is 10.5. The molecule has 10 heteroatoms. The van der Waals surface area contributed by atoms with Crippen molar-refractivity contribution in [3.8, 4) is 11.8 Å². The number of aryl methyl sites for hydroxylation is 1. The number of benzene rings is 2. The minimum absolute atomic E-state index is 0.0247. The van der Waals surface area contributed by atoms with Crippen LogP contribution in [0, 0.1) is 18.3 Å². The summed E-state index contributed by atoms with van der Waals surface area (Å²) < 4.78 is 1.92. The number of amides is 2. The third-order valence-corrected chi connectivity index (χ3v) is 5.34. The second kappa shape index (κ2) is 9.77. The van der Waals surface area contributed by atoms with Gasteiger partial charge >= 0.3 is 5.97 Å². The molecular weight excluding hydrogens is 418 g/mol. The van der Waals surface area contributed by atoms with E-state index in [0.717, 1.165) is 22.2 Å². The van der Waals surface area contributed by atoms with E-state index in [9.17, 15) is 19.6 Å². The number of carboxylic acids is 1. The maximum absolute atomic E-state index is 12.1. The standard InChI is InChI=1S/C21H19N5O4S/c1-13-9-25-21(31-12-19(28)23-10-18(27)24-11-20(29)30)26(13)17-7-6-14(8-22)15-4-2-3-5-16(15)17/h2-7,9H,10-12H2,1H3,(H,23,28)(H,24,27)(H,29,30). The number of fused-ring (bicyclic) bond motifs is 1. The summed E-state index contributed by atoms with van der Waals surface area (Å²) in [5.41, 5.74) is 2.29. The van der Waals surface area contributed by atoms with Crippen LogP contribution in [0.25, 0.3) is 16.5 Å². The van der Waals surface area contributed by atoms with Crippen LogP contribution in [0.15, 0.2) is 47.8 Å². The molecular formula is C21H19N5O4S. The van der Waals surface area contributed by atoms with Gasteiger partial charge in [0.1, 0.15) is 6.54 Å². The predicted octanol–water partition coefficient (Wildman–Crippen LogP) is 1.61. The lowest BCUT2D eigenvalue weighted by molar-refractivity contribution is -0.137. The predicted molar refractivity (Wildman–Crippen MR) is 115 cm³/mol. The molecule has 0 aliphatic heterocycles. The monoisotopic (exact) mass is 437 g/mol. The van der Waals surface area contributed by atoms with E-state index in [0.29, 0.717) is 10.7 Å². The lowest BCUT2D eigenvalue weighted by Gasteiger charge is -2.13. The topological polar surface area (TPSA) is 137 Å². The summed E-state index contributed by atoms with van der Waals surface area (Å²) in [4.78, 5) is 38.5. The van der Waals surface area contributed by atoms with Crippen LogP contribution >= 0.6 is 11.8 Å². The van der Waals surface area contributed by atoms with Gasteiger partial charge in [-0.1, -0.05) is 36.0 Å². The number of thioether (sulfide) groups is 1. The minimum atomic E-state index is -1.16. The number of nitriles is 1. The van der Waals surface area contributed by atoms with E-state index in [1.165, 1.54) is 11.8 Å². The van der Waals surface area contributed by atoms with E-state index in [1.807, 2.05) is 41.8 Å². The molecule has 3 N–H and O–H groups in total. The summed E-state index contributed by atoms with van der Waals surface area (Å²) in [5, 5.41) is 24.9. The lowest BCUT2D eigenvalue weighted by atomic mass is 10.0. The van der Waals surface area contributed by atoms with E-state index in [4.69, 9.17) is 5.11 Å². The molecule has 0 bridgehead atoms. The van der Waals surface area contributed by atoms with Crippen molar-refractivity contribution in [1.29, 1.82) is 5.26 Å². The Hall–Kier alpha value is -3.84. The van der Waals surface area contributed by atoms with Gasteiger partial charge in [-0.3, -0.25) is 19.0 Å². The minimum Gasteiger partial charge on any atom is -0.480 e. The van der Waals surface area contributed by atoms with Crippen LogP contribution in [0.3, 0.4) is 0 Å². The number of carboxylic acid groups (broad SMARTS) is 1. The molecule has 3 rings (SSSR count). The van der Waals surface area contributed by atoms with Gasteiger partial charge in [-0.25, -0.2) is 4.98 Å². The summed E-state index contributed by atoms with van der Waals surface area (Å²) in [5.74, 6) is -2.10. The van der Waals surface area contributed by atoms with Crippen LogP contribution in [0.2, 0.25) is 0 Å². The number of nitrogens with one attached hydrogen (secondary N) is 2. The zero-order chi connectivity index (χ0) is 22.4. The van der Waals surface area contributed by atoms with Gasteiger partial charge in [-0.05, 0) is 19.1 Å². The Morgan fingerprint density at radius 2 is 1.81 bits per heavy atom. The van der Waals surface area contributed by atoms with E-state index in [-0.39, 0.29) is 18.2 Å². The van der Waals surface area contributed by atoms with Crippen LogP contribution in [-0.2, 0) is 14.4 Å². The number of imidazole rings is 1. The zero-order valence-corrected chi connectivity index (χ0v) is 17.4. The van der Waals surface area contributed by atoms with Crippen LogP contribution in [0.5, 0.6) is 0 Å². The van der Waals surface area contributed by atoms with Gasteiger partial charge in [0.2, 0.25) is 11.8 Å². The molecule has 2 aromatic carbocycles. The average Bonchev–Trinajstić information content (AvgIpc) is 3.14. The number of nitrogens with zero attached hydrogens (tertiary/aromatic N) is 3. The molecule has 9 nitrogen and oxygen atoms in total. The first kappa shape index (κ1) is 21.9. The van der Waals surface area contributed by atoms with Crippen molar-refractivity contribution in [2.45, 2.75) is 12.1 Å². The Bertz CT molecular complexity index is 1200. The highest BCUT2D eigenvalue weighted by molar-refractivity contribution is 7.99. The maximum atomic E-state index is 12.1. The van der Waals surface area contributed by atoms with Gasteiger partial charge in [-0.2, -0.15) is 5.26 Å². The Kier molecular flexibility index (Phi) is 6.89. The molecule has 0 unspecified atom stereocenters. The third-order valence-electron chi connectivity index (χ3n) is 4.38. The number of carbonyl (C=O) groups is 3. The van der Waals surface area contributed by atoms with E-state index >= 15 is 0 Å². The van der Waals surface area contributed by atoms with E-state index in [1.54, 1.807) is 12.3 Å². The van der Waals surface area contributed by atoms with Crippen LogP contribution in [0.4, 0.5) is 0 Å². The SMILES string of the molecule is Cc1cnc(SCC(=O)NCC(=O)NCC(=O)O)n1-c1ccc(C#N)c2ccccc12. The number of rotatable bonds is 8. The zero-order valence-electron chi connectivity index (χ0n) is 16.6. The molecule has 0 fully saturated rings. The molecule has 1 aromatic heterocycles. The first-order valence-electron chi connectivity index (χ1n) is 9.25. The third kappa shape index (κ3) is 5.21. The molecule has 0 aliphatic carbocycles. The molecule has 0 aliphatic rings. The average molecular weight is 437 g/mol. The summed E-state index contributed by atoms with van der Waals surface area (Å²) in [6.07, 6.45) is 1.70. The van der Waals surface area contributed by atoms with Gasteiger partial charge in [0.05, 0.1) is 29.6 Å². The molecule has 0 radical (unpaired) electrons. The molecule has 0 saturated carbocycles. The van der Waals surface area contributed by atoms with E-state index in [2.05, 4.69) is 21.7 Å². The Balaban J connectivity index is 1.74. The van der Waals surface area contributed by atoms with Crippen molar-refractivity contribution in [2.24, 2.45) is 0 Å². The van der Waals surface area contributed by atoms with Crippen molar-refractivity contribution in [3.63, 3.8) is 0 Å². The molecule has 0 saturated heterocycles. The number of aromatic nitrogens is 2. The van der Waals surface area contributed by atoms with Crippen molar-refractivity contribution in [1.82, 2.24) is 20.2 Å². The Morgan fingerprint density at radius 3 is 2.52 bits per heavy atom. The van der Waals surface area contributed by atoms with Crippen LogP contribution in [0.1, 0.15) is 11.3 Å². The first-order valence-corrected chi connectivity index (χ1v) is 10.2. The second-order valence-corrected chi connectivity index (χ2v) is 7.49. The molecule has 31 heavy (non-hydrogen) atoms. The van der Waals surface area contributed by atoms with Gasteiger partial charge in [-0.15, -0.1) is 0 Å². The van der Waals surface area contributed by atoms with Crippen molar-refractivity contribution in [3.05, 3.63) is 53.9 Å². The smallest absolute Gasteiger partial charge is 0.322 e. The van der Waals surface area contributed by atoms with Gasteiger partial charge in [0.25, 0.3) is 0 Å². The molecule has 0 atom stereocenters. The number of carbonyl (C=O) groups excluding carboxylic acids is 2. The number of hydrogen-bond donors (Lipinski definition) is 3. The molecule has 0 spiro atoms. The van der Waals surface area contributed by atoms with Gasteiger partial charge < -0.3 is 15.7 Å². The Morgan fingerprint density at radius 1 is 1.10 bits per heavy atom. The highest BCUT2D eigenvalue weighted by Gasteiger charge is 2.15. The molecule has 158 valence electrons. The highest BCUT2D eigenvalue weighted by atomic mass is 32.2.